The van der Waals surface area contributed by atoms with Crippen LogP contribution < -0.4 is 10.6 Å². The Morgan fingerprint density at radius 1 is 1.04 bits per heavy atom. The van der Waals surface area contributed by atoms with E-state index >= 15 is 0 Å². The molecule has 0 spiro atoms. The van der Waals surface area contributed by atoms with Crippen molar-refractivity contribution in [3.8, 4) is 0 Å². The standard InChI is InChI=1S/C21H20ClN3O/c1-14-3-8-20(15(2)9-14)25-19-10-17(12-23-13-19)21(26)24-11-16-4-6-18(22)7-5-16/h3-10,12-13,25H,11H2,1-2H3,(H,24,26). The number of rotatable bonds is 5. The average molecular weight is 366 g/mol. The molecule has 26 heavy (non-hydrogen) atoms. The molecule has 0 aliphatic rings. The summed E-state index contributed by atoms with van der Waals surface area (Å²) >= 11 is 5.87. The monoisotopic (exact) mass is 365 g/mol. The lowest BCUT2D eigenvalue weighted by atomic mass is 10.1. The van der Waals surface area contributed by atoms with Crippen LogP contribution in [0.2, 0.25) is 5.02 Å². The zero-order valence-electron chi connectivity index (χ0n) is 14.7. The van der Waals surface area contributed by atoms with Crippen molar-refractivity contribution in [1.29, 1.82) is 0 Å². The largest absolute Gasteiger partial charge is 0.354 e. The highest BCUT2D eigenvalue weighted by atomic mass is 35.5. The third-order valence-corrected chi connectivity index (χ3v) is 4.28. The molecular weight excluding hydrogens is 346 g/mol. The van der Waals surface area contributed by atoms with Crippen LogP contribution in [0.4, 0.5) is 11.4 Å². The third-order valence-electron chi connectivity index (χ3n) is 4.03. The minimum atomic E-state index is -0.170. The number of aryl methyl sites for hydroxylation is 2. The van der Waals surface area contributed by atoms with E-state index in [0.717, 1.165) is 22.5 Å². The summed E-state index contributed by atoms with van der Waals surface area (Å²) in [5.41, 5.74) is 5.62. The number of aromatic nitrogens is 1. The first kappa shape index (κ1) is 18.0. The summed E-state index contributed by atoms with van der Waals surface area (Å²) in [5, 5.41) is 6.89. The van der Waals surface area contributed by atoms with Gasteiger partial charge in [-0.25, -0.2) is 0 Å². The van der Waals surface area contributed by atoms with Crippen LogP contribution in [0.15, 0.2) is 60.9 Å². The quantitative estimate of drug-likeness (QED) is 0.667. The zero-order valence-corrected chi connectivity index (χ0v) is 15.5. The second-order valence-electron chi connectivity index (χ2n) is 6.21. The Kier molecular flexibility index (Phi) is 5.54. The SMILES string of the molecule is Cc1ccc(Nc2cncc(C(=O)NCc3ccc(Cl)cc3)c2)c(C)c1. The van der Waals surface area contributed by atoms with Gasteiger partial charge in [-0.1, -0.05) is 41.4 Å². The van der Waals surface area contributed by atoms with Gasteiger partial charge in [0.15, 0.2) is 0 Å². The maximum Gasteiger partial charge on any atom is 0.253 e. The lowest BCUT2D eigenvalue weighted by Crippen LogP contribution is -2.23. The molecule has 0 fully saturated rings. The number of hydrogen-bond acceptors (Lipinski definition) is 3. The Morgan fingerprint density at radius 3 is 2.54 bits per heavy atom. The van der Waals surface area contributed by atoms with Gasteiger partial charge in [-0.05, 0) is 49.2 Å². The van der Waals surface area contributed by atoms with Crippen LogP contribution in [0.5, 0.6) is 0 Å². The highest BCUT2D eigenvalue weighted by Gasteiger charge is 2.08. The van der Waals surface area contributed by atoms with Crippen LogP contribution in [0.25, 0.3) is 0 Å². The minimum absolute atomic E-state index is 0.170. The number of carbonyl (C=O) groups is 1. The number of hydrogen-bond donors (Lipinski definition) is 2. The molecule has 3 rings (SSSR count). The minimum Gasteiger partial charge on any atom is -0.354 e. The van der Waals surface area contributed by atoms with Crippen molar-refractivity contribution in [2.24, 2.45) is 0 Å². The van der Waals surface area contributed by atoms with Gasteiger partial charge in [-0.3, -0.25) is 9.78 Å². The molecule has 0 saturated carbocycles. The van der Waals surface area contributed by atoms with E-state index < -0.39 is 0 Å². The van der Waals surface area contributed by atoms with Crippen molar-refractivity contribution in [2.45, 2.75) is 20.4 Å². The molecule has 0 unspecified atom stereocenters. The first-order chi connectivity index (χ1) is 12.5. The van der Waals surface area contributed by atoms with E-state index in [9.17, 15) is 4.79 Å². The Bertz CT molecular complexity index is 923. The number of pyridine rings is 1. The first-order valence-corrected chi connectivity index (χ1v) is 8.71. The first-order valence-electron chi connectivity index (χ1n) is 8.33. The van der Waals surface area contributed by atoms with Crippen LogP contribution in [0.3, 0.4) is 0 Å². The van der Waals surface area contributed by atoms with E-state index in [0.29, 0.717) is 17.1 Å². The molecule has 1 aromatic heterocycles. The molecule has 0 aliphatic heterocycles. The highest BCUT2D eigenvalue weighted by Crippen LogP contribution is 2.21. The predicted molar refractivity (Wildman–Crippen MR) is 106 cm³/mol. The second-order valence-corrected chi connectivity index (χ2v) is 6.65. The van der Waals surface area contributed by atoms with E-state index in [-0.39, 0.29) is 5.91 Å². The summed E-state index contributed by atoms with van der Waals surface area (Å²) in [6, 6.07) is 15.4. The molecule has 2 aromatic carbocycles. The molecule has 0 saturated heterocycles. The van der Waals surface area contributed by atoms with Gasteiger partial charge in [0.05, 0.1) is 17.4 Å². The number of halogens is 1. The van der Waals surface area contributed by atoms with Gasteiger partial charge in [0.2, 0.25) is 0 Å². The Labute approximate surface area is 158 Å². The smallest absolute Gasteiger partial charge is 0.253 e. The zero-order chi connectivity index (χ0) is 18.5. The number of amides is 1. The Hall–Kier alpha value is -2.85. The summed E-state index contributed by atoms with van der Waals surface area (Å²) in [5.74, 6) is -0.170. The topological polar surface area (TPSA) is 54.0 Å². The molecule has 2 N–H and O–H groups in total. The van der Waals surface area contributed by atoms with Crippen LogP contribution >= 0.6 is 11.6 Å². The summed E-state index contributed by atoms with van der Waals surface area (Å²) in [4.78, 5) is 16.6. The number of carbonyl (C=O) groups excluding carboxylic acids is 1. The number of nitrogens with one attached hydrogen (secondary N) is 2. The van der Waals surface area contributed by atoms with Gasteiger partial charge >= 0.3 is 0 Å². The number of anilines is 2. The highest BCUT2D eigenvalue weighted by molar-refractivity contribution is 6.30. The van der Waals surface area contributed by atoms with Crippen molar-refractivity contribution in [1.82, 2.24) is 10.3 Å². The summed E-state index contributed by atoms with van der Waals surface area (Å²) in [6.45, 7) is 4.54. The molecule has 1 heterocycles. The molecule has 1 amide bonds. The van der Waals surface area contributed by atoms with Crippen LogP contribution in [0, 0.1) is 13.8 Å². The van der Waals surface area contributed by atoms with Gasteiger partial charge < -0.3 is 10.6 Å². The molecule has 5 heteroatoms. The Morgan fingerprint density at radius 2 is 1.81 bits per heavy atom. The predicted octanol–water partition coefficient (Wildman–Crippen LogP) is 5.03. The molecule has 3 aromatic rings. The van der Waals surface area contributed by atoms with E-state index in [1.807, 2.05) is 31.2 Å². The van der Waals surface area contributed by atoms with Gasteiger partial charge in [-0.15, -0.1) is 0 Å². The van der Waals surface area contributed by atoms with Crippen LogP contribution in [0.1, 0.15) is 27.0 Å². The van der Waals surface area contributed by atoms with Gasteiger partial charge in [0.25, 0.3) is 5.91 Å². The number of benzene rings is 2. The van der Waals surface area contributed by atoms with Crippen molar-refractivity contribution in [3.05, 3.63) is 88.2 Å². The molecule has 4 nitrogen and oxygen atoms in total. The van der Waals surface area contributed by atoms with E-state index in [1.54, 1.807) is 30.6 Å². The fourth-order valence-corrected chi connectivity index (χ4v) is 2.75. The lowest BCUT2D eigenvalue weighted by Gasteiger charge is -2.11. The van der Waals surface area contributed by atoms with E-state index in [1.165, 1.54) is 5.56 Å². The van der Waals surface area contributed by atoms with Gasteiger partial charge in [0, 0.05) is 23.5 Å². The van der Waals surface area contributed by atoms with Gasteiger partial charge in [0.1, 0.15) is 0 Å². The van der Waals surface area contributed by atoms with E-state index in [4.69, 9.17) is 11.6 Å². The van der Waals surface area contributed by atoms with Gasteiger partial charge in [-0.2, -0.15) is 0 Å². The van der Waals surface area contributed by atoms with E-state index in [2.05, 4.69) is 28.6 Å². The van der Waals surface area contributed by atoms with Crippen molar-refractivity contribution < 1.29 is 4.79 Å². The summed E-state index contributed by atoms with van der Waals surface area (Å²) in [7, 11) is 0. The maximum absolute atomic E-state index is 12.4. The number of nitrogens with zero attached hydrogens (tertiary/aromatic N) is 1. The maximum atomic E-state index is 12.4. The molecule has 0 radical (unpaired) electrons. The third kappa shape index (κ3) is 4.61. The average Bonchev–Trinajstić information content (AvgIpc) is 2.63. The molecule has 132 valence electrons. The van der Waals surface area contributed by atoms with Crippen molar-refractivity contribution in [3.63, 3.8) is 0 Å². The Balaban J connectivity index is 1.68. The van der Waals surface area contributed by atoms with Crippen LogP contribution in [-0.2, 0) is 6.54 Å². The molecule has 0 atom stereocenters. The fourth-order valence-electron chi connectivity index (χ4n) is 2.63. The van der Waals surface area contributed by atoms with Crippen molar-refractivity contribution in [2.75, 3.05) is 5.32 Å². The lowest BCUT2D eigenvalue weighted by molar-refractivity contribution is 0.0950. The van der Waals surface area contributed by atoms with Crippen LogP contribution in [-0.4, -0.2) is 10.9 Å². The summed E-state index contributed by atoms with van der Waals surface area (Å²) < 4.78 is 0. The molecule has 0 aliphatic carbocycles. The molecular formula is C21H20ClN3O. The van der Waals surface area contributed by atoms with Crippen molar-refractivity contribution >= 4 is 28.9 Å². The normalized spacial score (nSPS) is 10.4. The fraction of sp³-hybridized carbons (Fsp3) is 0.143. The summed E-state index contributed by atoms with van der Waals surface area (Å²) in [6.07, 6.45) is 3.26. The molecule has 0 bridgehead atoms. The second kappa shape index (κ2) is 8.02.